The number of aliphatic carboxylic acids is 2. The zero-order valence-corrected chi connectivity index (χ0v) is 10.2. The van der Waals surface area contributed by atoms with E-state index >= 15 is 0 Å². The standard InChI is InChI=1S/C11H9NO9/c13-5-11(10(17)18,8(14)9(15)16)21-7-3-1-6(2-4-7)12(19)20/h1-5,8,14H,(H,15,16)(H,17,18). The number of non-ortho nitro benzene ring substituents is 1. The van der Waals surface area contributed by atoms with E-state index in [4.69, 9.17) is 14.9 Å². The highest BCUT2D eigenvalue weighted by atomic mass is 16.6. The minimum Gasteiger partial charge on any atom is -0.479 e. The van der Waals surface area contributed by atoms with Crippen LogP contribution in [0.4, 0.5) is 5.69 Å². The first-order chi connectivity index (χ1) is 9.74. The Morgan fingerprint density at radius 1 is 1.29 bits per heavy atom. The SMILES string of the molecule is O=CC(Oc1ccc([N+](=O)[O-])cc1)(C(=O)O)C(O)C(=O)O. The smallest absolute Gasteiger partial charge is 0.359 e. The molecule has 1 aromatic carbocycles. The number of aldehydes is 1. The zero-order valence-electron chi connectivity index (χ0n) is 10.2. The number of carbonyl (C=O) groups is 3. The Kier molecular flexibility index (Phi) is 4.56. The first-order valence-corrected chi connectivity index (χ1v) is 5.28. The van der Waals surface area contributed by atoms with Gasteiger partial charge in [0.1, 0.15) is 5.75 Å². The second kappa shape index (κ2) is 5.96. The molecule has 2 atom stereocenters. The van der Waals surface area contributed by atoms with Crippen molar-refractivity contribution in [2.45, 2.75) is 11.7 Å². The van der Waals surface area contributed by atoms with E-state index in [1.165, 1.54) is 0 Å². The molecule has 21 heavy (non-hydrogen) atoms. The summed E-state index contributed by atoms with van der Waals surface area (Å²) in [5.41, 5.74) is -3.39. The highest BCUT2D eigenvalue weighted by molar-refractivity contribution is 6.02. The van der Waals surface area contributed by atoms with Crippen LogP contribution >= 0.6 is 0 Å². The van der Waals surface area contributed by atoms with Gasteiger partial charge < -0.3 is 20.1 Å². The van der Waals surface area contributed by atoms with Gasteiger partial charge in [0.05, 0.1) is 4.92 Å². The van der Waals surface area contributed by atoms with Gasteiger partial charge in [-0.25, -0.2) is 9.59 Å². The quantitative estimate of drug-likeness (QED) is 0.259. The van der Waals surface area contributed by atoms with Crippen molar-refractivity contribution >= 4 is 23.9 Å². The summed E-state index contributed by atoms with van der Waals surface area (Å²) in [6, 6.07) is 3.85. The van der Waals surface area contributed by atoms with Crippen molar-refractivity contribution in [2.75, 3.05) is 0 Å². The predicted octanol–water partition coefficient (Wildman–Crippen LogP) is -0.559. The number of ether oxygens (including phenoxy) is 1. The van der Waals surface area contributed by atoms with E-state index in [-0.39, 0.29) is 17.7 Å². The molecular weight excluding hydrogens is 290 g/mol. The highest BCUT2D eigenvalue weighted by Gasteiger charge is 2.52. The molecule has 0 saturated carbocycles. The van der Waals surface area contributed by atoms with Crippen molar-refractivity contribution < 1.29 is 39.4 Å². The van der Waals surface area contributed by atoms with E-state index < -0.39 is 28.6 Å². The Balaban J connectivity index is 3.18. The molecule has 1 aromatic rings. The average Bonchev–Trinajstić information content (AvgIpc) is 2.44. The van der Waals surface area contributed by atoms with Gasteiger partial charge in [-0.2, -0.15) is 0 Å². The minimum absolute atomic E-state index is 0.326. The number of nitrogens with zero attached hydrogens (tertiary/aromatic N) is 1. The van der Waals surface area contributed by atoms with Crippen LogP contribution in [0.25, 0.3) is 0 Å². The van der Waals surface area contributed by atoms with Crippen LogP contribution in [0, 0.1) is 10.1 Å². The number of hydrogen-bond donors (Lipinski definition) is 3. The Bertz CT molecular complexity index is 582. The second-order valence-electron chi connectivity index (χ2n) is 3.81. The van der Waals surface area contributed by atoms with E-state index in [1.54, 1.807) is 0 Å². The van der Waals surface area contributed by atoms with Crippen molar-refractivity contribution in [3.63, 3.8) is 0 Å². The number of nitro groups is 1. The van der Waals surface area contributed by atoms with Crippen molar-refractivity contribution in [2.24, 2.45) is 0 Å². The summed E-state index contributed by atoms with van der Waals surface area (Å²) < 4.78 is 4.75. The fourth-order valence-electron chi connectivity index (χ4n) is 1.37. The summed E-state index contributed by atoms with van der Waals surface area (Å²) in [6.07, 6.45) is -3.03. The number of rotatable bonds is 7. The van der Waals surface area contributed by atoms with Crippen LogP contribution in [0.5, 0.6) is 5.75 Å². The molecule has 10 heteroatoms. The zero-order chi connectivity index (χ0) is 16.2. The molecule has 2 unspecified atom stereocenters. The molecule has 0 spiro atoms. The van der Waals surface area contributed by atoms with Crippen LogP contribution < -0.4 is 4.74 Å². The van der Waals surface area contributed by atoms with Gasteiger partial charge in [0.15, 0.2) is 6.29 Å². The number of benzene rings is 1. The molecule has 0 aliphatic carbocycles. The third kappa shape index (κ3) is 3.12. The van der Waals surface area contributed by atoms with Gasteiger partial charge in [0, 0.05) is 12.1 Å². The maximum absolute atomic E-state index is 11.1. The molecule has 1 rings (SSSR count). The van der Waals surface area contributed by atoms with Crippen LogP contribution in [0.2, 0.25) is 0 Å². The van der Waals surface area contributed by atoms with Crippen LogP contribution in [0.3, 0.4) is 0 Å². The van der Waals surface area contributed by atoms with Crippen LogP contribution in [0.1, 0.15) is 0 Å². The molecule has 10 nitrogen and oxygen atoms in total. The molecule has 0 saturated heterocycles. The average molecular weight is 299 g/mol. The lowest BCUT2D eigenvalue weighted by atomic mass is 9.98. The minimum atomic E-state index is -3.07. The van der Waals surface area contributed by atoms with E-state index in [2.05, 4.69) is 0 Å². The Morgan fingerprint density at radius 3 is 2.14 bits per heavy atom. The second-order valence-corrected chi connectivity index (χ2v) is 3.81. The maximum atomic E-state index is 11.1. The lowest BCUT2D eigenvalue weighted by molar-refractivity contribution is -0.384. The summed E-state index contributed by atoms with van der Waals surface area (Å²) in [7, 11) is 0. The molecule has 0 aromatic heterocycles. The Labute approximate surface area is 116 Å². The Morgan fingerprint density at radius 2 is 1.81 bits per heavy atom. The molecular formula is C11H9NO9. The number of hydrogen-bond acceptors (Lipinski definition) is 7. The topological polar surface area (TPSA) is 164 Å². The number of aliphatic hydroxyl groups excluding tert-OH is 1. The molecule has 0 heterocycles. The largest absolute Gasteiger partial charge is 0.479 e. The van der Waals surface area contributed by atoms with Crippen molar-refractivity contribution in [3.05, 3.63) is 34.4 Å². The Hall–Kier alpha value is -3.01. The number of carboxylic acid groups (broad SMARTS) is 2. The van der Waals surface area contributed by atoms with Gasteiger partial charge in [-0.3, -0.25) is 14.9 Å². The maximum Gasteiger partial charge on any atom is 0.359 e. The number of aliphatic hydroxyl groups is 1. The summed E-state index contributed by atoms with van der Waals surface area (Å²) >= 11 is 0. The van der Waals surface area contributed by atoms with Gasteiger partial charge >= 0.3 is 11.9 Å². The van der Waals surface area contributed by atoms with Crippen molar-refractivity contribution in [3.8, 4) is 5.75 Å². The summed E-state index contributed by atoms with van der Waals surface area (Å²) in [4.78, 5) is 42.5. The third-order valence-corrected chi connectivity index (χ3v) is 2.48. The molecule has 0 bridgehead atoms. The van der Waals surface area contributed by atoms with Gasteiger partial charge in [-0.05, 0) is 12.1 Å². The van der Waals surface area contributed by atoms with Crippen LogP contribution in [-0.4, -0.2) is 50.2 Å². The first kappa shape index (κ1) is 16.0. The van der Waals surface area contributed by atoms with Gasteiger partial charge in [0.2, 0.25) is 6.10 Å². The molecule has 0 radical (unpaired) electrons. The monoisotopic (exact) mass is 299 g/mol. The first-order valence-electron chi connectivity index (χ1n) is 5.28. The highest BCUT2D eigenvalue weighted by Crippen LogP contribution is 2.24. The third-order valence-electron chi connectivity index (χ3n) is 2.48. The van der Waals surface area contributed by atoms with Crippen LogP contribution in [0.15, 0.2) is 24.3 Å². The van der Waals surface area contributed by atoms with Gasteiger partial charge in [0.25, 0.3) is 11.3 Å². The van der Waals surface area contributed by atoms with E-state index in [9.17, 15) is 29.6 Å². The van der Waals surface area contributed by atoms with E-state index in [1.807, 2.05) is 0 Å². The molecule has 0 amide bonds. The fourth-order valence-corrected chi connectivity index (χ4v) is 1.37. The lowest BCUT2D eigenvalue weighted by Crippen LogP contribution is -2.58. The van der Waals surface area contributed by atoms with Crippen molar-refractivity contribution in [1.29, 1.82) is 0 Å². The molecule has 0 aliphatic rings. The summed E-state index contributed by atoms with van der Waals surface area (Å²) in [5, 5.41) is 37.4. The molecule has 0 aliphatic heterocycles. The number of carboxylic acids is 2. The lowest BCUT2D eigenvalue weighted by Gasteiger charge is -2.26. The predicted molar refractivity (Wildman–Crippen MR) is 63.8 cm³/mol. The number of nitro benzene ring substituents is 1. The van der Waals surface area contributed by atoms with E-state index in [0.29, 0.717) is 0 Å². The van der Waals surface area contributed by atoms with Gasteiger partial charge in [-0.15, -0.1) is 0 Å². The fraction of sp³-hybridized carbons (Fsp3) is 0.182. The summed E-state index contributed by atoms with van der Waals surface area (Å²) in [6.45, 7) is 0. The molecule has 112 valence electrons. The normalized spacial score (nSPS) is 14.5. The van der Waals surface area contributed by atoms with Gasteiger partial charge in [-0.1, -0.05) is 0 Å². The van der Waals surface area contributed by atoms with Crippen LogP contribution in [-0.2, 0) is 14.4 Å². The van der Waals surface area contributed by atoms with E-state index in [0.717, 1.165) is 24.3 Å². The summed E-state index contributed by atoms with van der Waals surface area (Å²) in [5.74, 6) is -4.34. The molecule has 3 N–H and O–H groups in total. The van der Waals surface area contributed by atoms with Crippen molar-refractivity contribution in [1.82, 2.24) is 0 Å². The number of carbonyl (C=O) groups excluding carboxylic acids is 1. The molecule has 0 fully saturated rings.